The minimum Gasteiger partial charge on any atom is -0.450 e. The molecule has 15 heavy (non-hydrogen) atoms. The fraction of sp³-hybridized carbons (Fsp3) is 0.333. The predicted octanol–water partition coefficient (Wildman–Crippen LogP) is 1.77. The van der Waals surface area contributed by atoms with Crippen molar-refractivity contribution < 1.29 is 9.53 Å². The number of hydrogen-bond acceptors (Lipinski definition) is 3. The van der Waals surface area contributed by atoms with Crippen molar-refractivity contribution >= 4 is 5.97 Å². The van der Waals surface area contributed by atoms with Crippen molar-refractivity contribution in [2.75, 3.05) is 0 Å². The Morgan fingerprint density at radius 1 is 1.40 bits per heavy atom. The molecule has 0 aromatic carbocycles. The Bertz CT molecular complexity index is 393. The van der Waals surface area contributed by atoms with Crippen LogP contribution in [0.2, 0.25) is 0 Å². The second-order valence-electron chi connectivity index (χ2n) is 3.97. The van der Waals surface area contributed by atoms with Gasteiger partial charge in [-0.2, -0.15) is 0 Å². The van der Waals surface area contributed by atoms with Gasteiger partial charge in [0.2, 0.25) is 0 Å². The number of aromatic nitrogens is 1. The zero-order chi connectivity index (χ0) is 11.3. The molecule has 1 heterocycles. The largest absolute Gasteiger partial charge is 0.450 e. The number of rotatable bonds is 0. The maximum absolute atomic E-state index is 11.2. The molecule has 0 amide bonds. The monoisotopic (exact) mass is 203 g/mol. The Morgan fingerprint density at radius 3 is 2.67 bits per heavy atom. The molecule has 0 spiro atoms. The molecule has 0 aliphatic heterocycles. The first-order valence-corrected chi connectivity index (χ1v) is 4.63. The van der Waals surface area contributed by atoms with E-state index in [0.29, 0.717) is 5.69 Å². The average molecular weight is 203 g/mol. The van der Waals surface area contributed by atoms with Crippen molar-refractivity contribution in [3.63, 3.8) is 0 Å². The standard InChI is InChI=1S/C12H13NO2/c1-12(2,3)15-11(14)8-7-10-6-4-5-9-13-10/h4-6,9H,1-3H3. The quantitative estimate of drug-likeness (QED) is 0.476. The van der Waals surface area contributed by atoms with Gasteiger partial charge in [0.1, 0.15) is 11.3 Å². The van der Waals surface area contributed by atoms with E-state index >= 15 is 0 Å². The number of hydrogen-bond donors (Lipinski definition) is 0. The van der Waals surface area contributed by atoms with Gasteiger partial charge in [-0.1, -0.05) is 6.07 Å². The van der Waals surface area contributed by atoms with Crippen LogP contribution in [0.1, 0.15) is 26.5 Å². The summed E-state index contributed by atoms with van der Waals surface area (Å²) in [6, 6.07) is 5.34. The summed E-state index contributed by atoms with van der Waals surface area (Å²) in [4.78, 5) is 15.2. The summed E-state index contributed by atoms with van der Waals surface area (Å²) < 4.78 is 5.02. The minimum absolute atomic E-state index is 0.504. The lowest BCUT2D eigenvalue weighted by atomic mass is 10.2. The van der Waals surface area contributed by atoms with Crippen LogP contribution in [0.4, 0.5) is 0 Å². The van der Waals surface area contributed by atoms with Crippen LogP contribution >= 0.6 is 0 Å². The second-order valence-corrected chi connectivity index (χ2v) is 3.97. The number of pyridine rings is 1. The molecule has 3 heteroatoms. The van der Waals surface area contributed by atoms with Crippen LogP contribution in [0.5, 0.6) is 0 Å². The van der Waals surface area contributed by atoms with Gasteiger partial charge in [-0.25, -0.2) is 9.78 Å². The zero-order valence-corrected chi connectivity index (χ0v) is 9.07. The molecule has 0 N–H and O–H groups in total. The first kappa shape index (κ1) is 11.3. The van der Waals surface area contributed by atoms with Crippen molar-refractivity contribution in [1.29, 1.82) is 0 Å². The highest BCUT2D eigenvalue weighted by molar-refractivity contribution is 5.89. The third-order valence-corrected chi connectivity index (χ3v) is 1.36. The summed E-state index contributed by atoms with van der Waals surface area (Å²) in [7, 11) is 0. The molecule has 0 aliphatic rings. The van der Waals surface area contributed by atoms with E-state index in [1.54, 1.807) is 39.1 Å². The van der Waals surface area contributed by atoms with Gasteiger partial charge in [0.15, 0.2) is 0 Å². The highest BCUT2D eigenvalue weighted by atomic mass is 16.6. The van der Waals surface area contributed by atoms with Crippen molar-refractivity contribution in [3.8, 4) is 11.8 Å². The summed E-state index contributed by atoms with van der Waals surface area (Å²) in [5.74, 6) is 4.48. The lowest BCUT2D eigenvalue weighted by Gasteiger charge is -2.16. The third kappa shape index (κ3) is 4.82. The molecule has 3 nitrogen and oxygen atoms in total. The molecule has 1 aromatic rings. The SMILES string of the molecule is CC(C)(C)OC(=O)C#Cc1ccccn1. The van der Waals surface area contributed by atoms with Gasteiger partial charge in [0.05, 0.1) is 0 Å². The number of carbonyl (C=O) groups excluding carboxylic acids is 1. The van der Waals surface area contributed by atoms with Crippen LogP contribution in [0.25, 0.3) is 0 Å². The number of carbonyl (C=O) groups is 1. The van der Waals surface area contributed by atoms with E-state index in [1.807, 2.05) is 6.07 Å². The van der Waals surface area contributed by atoms with Gasteiger partial charge in [-0.15, -0.1) is 0 Å². The molecule has 0 saturated heterocycles. The molecule has 0 unspecified atom stereocenters. The average Bonchev–Trinajstić information content (AvgIpc) is 2.14. The van der Waals surface area contributed by atoms with Crippen molar-refractivity contribution in [2.24, 2.45) is 0 Å². The normalized spacial score (nSPS) is 10.1. The minimum atomic E-state index is -0.534. The molecule has 0 radical (unpaired) electrons. The number of esters is 1. The summed E-state index contributed by atoms with van der Waals surface area (Å²) in [5.41, 5.74) is 0.0546. The Hall–Kier alpha value is -1.82. The number of nitrogens with zero attached hydrogens (tertiary/aromatic N) is 1. The van der Waals surface area contributed by atoms with Crippen molar-refractivity contribution in [3.05, 3.63) is 30.1 Å². The maximum Gasteiger partial charge on any atom is 0.385 e. The molecule has 1 rings (SSSR count). The zero-order valence-electron chi connectivity index (χ0n) is 9.07. The molecule has 0 fully saturated rings. The van der Waals surface area contributed by atoms with E-state index in [4.69, 9.17) is 4.74 Å². The Kier molecular flexibility index (Phi) is 3.46. The van der Waals surface area contributed by atoms with Crippen LogP contribution < -0.4 is 0 Å². The Morgan fingerprint density at radius 2 is 2.13 bits per heavy atom. The van der Waals surface area contributed by atoms with Gasteiger partial charge in [0, 0.05) is 12.1 Å². The van der Waals surface area contributed by atoms with Crippen LogP contribution in [-0.4, -0.2) is 16.6 Å². The molecule has 0 bridgehead atoms. The summed E-state index contributed by atoms with van der Waals surface area (Å²) in [6.45, 7) is 5.40. The van der Waals surface area contributed by atoms with Crippen molar-refractivity contribution in [2.45, 2.75) is 26.4 Å². The Balaban J connectivity index is 2.64. The lowest BCUT2D eigenvalue weighted by molar-refractivity contribution is -0.147. The number of ether oxygens (including phenoxy) is 1. The first-order chi connectivity index (χ1) is 6.97. The molecule has 0 saturated carbocycles. The molecule has 0 atom stereocenters. The highest BCUT2D eigenvalue weighted by Crippen LogP contribution is 2.06. The predicted molar refractivity (Wildman–Crippen MR) is 57.0 cm³/mol. The van der Waals surface area contributed by atoms with E-state index in [1.165, 1.54) is 0 Å². The molecular weight excluding hydrogens is 190 g/mol. The molecule has 1 aromatic heterocycles. The Labute approximate surface area is 89.5 Å². The van der Waals surface area contributed by atoms with E-state index in [0.717, 1.165) is 0 Å². The van der Waals surface area contributed by atoms with E-state index in [2.05, 4.69) is 16.8 Å². The molecule has 78 valence electrons. The van der Waals surface area contributed by atoms with Crippen molar-refractivity contribution in [1.82, 2.24) is 4.98 Å². The van der Waals surface area contributed by atoms with Gasteiger partial charge >= 0.3 is 5.97 Å². The van der Waals surface area contributed by atoms with Gasteiger partial charge in [0.25, 0.3) is 0 Å². The van der Waals surface area contributed by atoms with E-state index in [9.17, 15) is 4.79 Å². The molecule has 0 aliphatic carbocycles. The molecular formula is C12H13NO2. The smallest absolute Gasteiger partial charge is 0.385 e. The van der Waals surface area contributed by atoms with E-state index < -0.39 is 11.6 Å². The van der Waals surface area contributed by atoms with Gasteiger partial charge < -0.3 is 4.74 Å². The second kappa shape index (κ2) is 4.61. The van der Waals surface area contributed by atoms with E-state index in [-0.39, 0.29) is 0 Å². The van der Waals surface area contributed by atoms with Crippen LogP contribution in [0.3, 0.4) is 0 Å². The fourth-order valence-corrected chi connectivity index (χ4v) is 0.855. The highest BCUT2D eigenvalue weighted by Gasteiger charge is 2.14. The topological polar surface area (TPSA) is 39.2 Å². The first-order valence-electron chi connectivity index (χ1n) is 4.63. The summed E-state index contributed by atoms with van der Waals surface area (Å²) >= 11 is 0. The summed E-state index contributed by atoms with van der Waals surface area (Å²) in [6.07, 6.45) is 1.62. The van der Waals surface area contributed by atoms with Crippen LogP contribution in [0, 0.1) is 11.8 Å². The maximum atomic E-state index is 11.2. The van der Waals surface area contributed by atoms with Gasteiger partial charge in [-0.05, 0) is 38.8 Å². The fourth-order valence-electron chi connectivity index (χ4n) is 0.855. The lowest BCUT2D eigenvalue weighted by Crippen LogP contribution is -2.22. The van der Waals surface area contributed by atoms with Gasteiger partial charge in [-0.3, -0.25) is 0 Å². The summed E-state index contributed by atoms with van der Waals surface area (Å²) in [5, 5.41) is 0. The van der Waals surface area contributed by atoms with Crippen LogP contribution in [-0.2, 0) is 9.53 Å². The third-order valence-electron chi connectivity index (χ3n) is 1.36. The van der Waals surface area contributed by atoms with Crippen LogP contribution in [0.15, 0.2) is 24.4 Å².